The first kappa shape index (κ1) is 15.4. The standard InChI is InChI=1S/C14H21NO4S/c1-2-19-14-7-13(8-14)15-20(17,18)10-12-5-3-11(9-16)4-6-12/h3-6,13-16H,2,7-10H2,1H3. The highest BCUT2D eigenvalue weighted by Crippen LogP contribution is 2.24. The third-order valence-corrected chi connectivity index (χ3v) is 4.81. The van der Waals surface area contributed by atoms with E-state index in [1.54, 1.807) is 24.3 Å². The number of ether oxygens (including phenoxy) is 1. The third kappa shape index (κ3) is 4.28. The number of sulfonamides is 1. The van der Waals surface area contributed by atoms with Gasteiger partial charge in [-0.05, 0) is 30.9 Å². The fourth-order valence-corrected chi connectivity index (χ4v) is 3.70. The van der Waals surface area contributed by atoms with Gasteiger partial charge in [-0.15, -0.1) is 0 Å². The lowest BCUT2D eigenvalue weighted by molar-refractivity contribution is -0.00476. The van der Waals surface area contributed by atoms with E-state index in [9.17, 15) is 8.42 Å². The summed E-state index contributed by atoms with van der Waals surface area (Å²) in [4.78, 5) is 0. The lowest BCUT2D eigenvalue weighted by Crippen LogP contribution is -2.48. The van der Waals surface area contributed by atoms with Gasteiger partial charge in [0.15, 0.2) is 0 Å². The van der Waals surface area contributed by atoms with Crippen LogP contribution in [0.25, 0.3) is 0 Å². The lowest BCUT2D eigenvalue weighted by atomic mass is 9.90. The average Bonchev–Trinajstić information content (AvgIpc) is 2.36. The quantitative estimate of drug-likeness (QED) is 0.792. The smallest absolute Gasteiger partial charge is 0.216 e. The summed E-state index contributed by atoms with van der Waals surface area (Å²) in [5.41, 5.74) is 1.49. The van der Waals surface area contributed by atoms with Crippen molar-refractivity contribution in [3.63, 3.8) is 0 Å². The van der Waals surface area contributed by atoms with Gasteiger partial charge in [0.25, 0.3) is 0 Å². The second-order valence-electron chi connectivity index (χ2n) is 5.10. The van der Waals surface area contributed by atoms with E-state index in [2.05, 4.69) is 4.72 Å². The number of nitrogens with one attached hydrogen (secondary N) is 1. The summed E-state index contributed by atoms with van der Waals surface area (Å²) >= 11 is 0. The molecule has 0 unspecified atom stereocenters. The van der Waals surface area contributed by atoms with Gasteiger partial charge in [-0.25, -0.2) is 13.1 Å². The zero-order chi connectivity index (χ0) is 14.6. The van der Waals surface area contributed by atoms with E-state index in [1.165, 1.54) is 0 Å². The van der Waals surface area contributed by atoms with Crippen LogP contribution in [0.4, 0.5) is 0 Å². The maximum Gasteiger partial charge on any atom is 0.216 e. The zero-order valence-electron chi connectivity index (χ0n) is 11.6. The minimum absolute atomic E-state index is 0.00624. The van der Waals surface area contributed by atoms with Crippen molar-refractivity contribution in [1.29, 1.82) is 0 Å². The van der Waals surface area contributed by atoms with Crippen molar-refractivity contribution in [1.82, 2.24) is 4.72 Å². The Labute approximate surface area is 120 Å². The predicted molar refractivity (Wildman–Crippen MR) is 76.6 cm³/mol. The predicted octanol–water partition coefficient (Wildman–Crippen LogP) is 1.17. The first-order chi connectivity index (χ1) is 9.52. The molecule has 112 valence electrons. The molecule has 1 saturated carbocycles. The van der Waals surface area contributed by atoms with Crippen LogP contribution in [0.2, 0.25) is 0 Å². The summed E-state index contributed by atoms with van der Waals surface area (Å²) in [7, 11) is -3.32. The van der Waals surface area contributed by atoms with Crippen molar-refractivity contribution in [2.45, 2.75) is 44.3 Å². The van der Waals surface area contributed by atoms with E-state index < -0.39 is 10.0 Å². The Morgan fingerprint density at radius 1 is 1.25 bits per heavy atom. The van der Waals surface area contributed by atoms with Crippen molar-refractivity contribution in [3.8, 4) is 0 Å². The number of benzene rings is 1. The third-order valence-electron chi connectivity index (χ3n) is 3.41. The van der Waals surface area contributed by atoms with Gasteiger partial charge in [0, 0.05) is 12.6 Å². The molecule has 0 amide bonds. The maximum atomic E-state index is 12.0. The number of hydrogen-bond acceptors (Lipinski definition) is 4. The molecule has 5 nitrogen and oxygen atoms in total. The normalized spacial score (nSPS) is 22.5. The lowest BCUT2D eigenvalue weighted by Gasteiger charge is -2.35. The van der Waals surface area contributed by atoms with Gasteiger partial charge in [0.2, 0.25) is 10.0 Å². The minimum Gasteiger partial charge on any atom is -0.392 e. The first-order valence-electron chi connectivity index (χ1n) is 6.82. The second kappa shape index (κ2) is 6.67. The molecule has 0 bridgehead atoms. The molecule has 6 heteroatoms. The molecule has 0 radical (unpaired) electrons. The highest BCUT2D eigenvalue weighted by Gasteiger charge is 2.32. The Morgan fingerprint density at radius 3 is 2.40 bits per heavy atom. The van der Waals surface area contributed by atoms with E-state index in [0.717, 1.165) is 24.0 Å². The monoisotopic (exact) mass is 299 g/mol. The molecule has 1 aromatic carbocycles. The Morgan fingerprint density at radius 2 is 1.85 bits per heavy atom. The van der Waals surface area contributed by atoms with Crippen LogP contribution in [0, 0.1) is 0 Å². The highest BCUT2D eigenvalue weighted by atomic mass is 32.2. The fraction of sp³-hybridized carbons (Fsp3) is 0.571. The van der Waals surface area contributed by atoms with Crippen molar-refractivity contribution < 1.29 is 18.3 Å². The largest absolute Gasteiger partial charge is 0.392 e. The van der Waals surface area contributed by atoms with Crippen LogP contribution in [0.5, 0.6) is 0 Å². The van der Waals surface area contributed by atoms with E-state index >= 15 is 0 Å². The molecule has 0 aromatic heterocycles. The van der Waals surface area contributed by atoms with Gasteiger partial charge in [-0.3, -0.25) is 0 Å². The van der Waals surface area contributed by atoms with Crippen LogP contribution in [0.15, 0.2) is 24.3 Å². The number of aliphatic hydroxyl groups excluding tert-OH is 1. The molecular formula is C14H21NO4S. The molecule has 2 N–H and O–H groups in total. The molecule has 1 aliphatic carbocycles. The van der Waals surface area contributed by atoms with E-state index in [4.69, 9.17) is 9.84 Å². The Hall–Kier alpha value is -0.950. The molecule has 1 fully saturated rings. The molecule has 0 spiro atoms. The maximum absolute atomic E-state index is 12.0. The average molecular weight is 299 g/mol. The minimum atomic E-state index is -3.32. The fourth-order valence-electron chi connectivity index (χ4n) is 2.29. The zero-order valence-corrected chi connectivity index (χ0v) is 12.4. The highest BCUT2D eigenvalue weighted by molar-refractivity contribution is 7.88. The van der Waals surface area contributed by atoms with Gasteiger partial charge in [0.05, 0.1) is 18.5 Å². The van der Waals surface area contributed by atoms with Gasteiger partial charge < -0.3 is 9.84 Å². The molecular weight excluding hydrogens is 278 g/mol. The first-order valence-corrected chi connectivity index (χ1v) is 8.48. The molecule has 1 aliphatic rings. The topological polar surface area (TPSA) is 75.6 Å². The van der Waals surface area contributed by atoms with Crippen molar-refractivity contribution in [2.24, 2.45) is 0 Å². The van der Waals surface area contributed by atoms with Gasteiger partial charge in [-0.2, -0.15) is 0 Å². The summed E-state index contributed by atoms with van der Waals surface area (Å²) in [5.74, 6) is -0.0332. The summed E-state index contributed by atoms with van der Waals surface area (Å²) in [6.07, 6.45) is 1.68. The van der Waals surface area contributed by atoms with Crippen molar-refractivity contribution >= 4 is 10.0 Å². The van der Waals surface area contributed by atoms with Gasteiger partial charge in [-0.1, -0.05) is 24.3 Å². The molecule has 0 aliphatic heterocycles. The van der Waals surface area contributed by atoms with E-state index in [0.29, 0.717) is 6.61 Å². The van der Waals surface area contributed by atoms with E-state index in [-0.39, 0.29) is 24.5 Å². The molecule has 0 heterocycles. The Balaban J connectivity index is 1.85. The summed E-state index contributed by atoms with van der Waals surface area (Å²) in [6, 6.07) is 6.93. The van der Waals surface area contributed by atoms with Gasteiger partial charge >= 0.3 is 0 Å². The summed E-state index contributed by atoms with van der Waals surface area (Å²) < 4.78 is 32.2. The van der Waals surface area contributed by atoms with Crippen LogP contribution in [-0.2, 0) is 27.1 Å². The van der Waals surface area contributed by atoms with E-state index in [1.807, 2.05) is 6.92 Å². The van der Waals surface area contributed by atoms with Crippen molar-refractivity contribution in [3.05, 3.63) is 35.4 Å². The molecule has 2 rings (SSSR count). The molecule has 1 aromatic rings. The second-order valence-corrected chi connectivity index (χ2v) is 6.85. The van der Waals surface area contributed by atoms with Crippen LogP contribution in [0.3, 0.4) is 0 Å². The molecule has 20 heavy (non-hydrogen) atoms. The Bertz CT molecular complexity index is 521. The molecule has 0 saturated heterocycles. The summed E-state index contributed by atoms with van der Waals surface area (Å²) in [5, 5.41) is 8.95. The molecule has 0 atom stereocenters. The van der Waals surface area contributed by atoms with Gasteiger partial charge in [0.1, 0.15) is 0 Å². The van der Waals surface area contributed by atoms with Crippen LogP contribution >= 0.6 is 0 Å². The van der Waals surface area contributed by atoms with Crippen LogP contribution in [-0.4, -0.2) is 32.3 Å². The Kier molecular flexibility index (Phi) is 5.15. The van der Waals surface area contributed by atoms with Crippen LogP contribution in [0.1, 0.15) is 30.9 Å². The summed E-state index contributed by atoms with van der Waals surface area (Å²) in [6.45, 7) is 2.57. The SMILES string of the molecule is CCOC1CC(NS(=O)(=O)Cc2ccc(CO)cc2)C1. The van der Waals surface area contributed by atoms with Crippen LogP contribution < -0.4 is 4.72 Å². The number of aliphatic hydroxyl groups is 1. The number of hydrogen-bond donors (Lipinski definition) is 2. The van der Waals surface area contributed by atoms with Crippen molar-refractivity contribution in [2.75, 3.05) is 6.61 Å². The number of rotatable bonds is 7.